The van der Waals surface area contributed by atoms with Crippen LogP contribution in [-0.2, 0) is 16.0 Å². The number of benzene rings is 1. The molecule has 0 fully saturated rings. The molecule has 0 saturated carbocycles. The van der Waals surface area contributed by atoms with E-state index in [1.165, 1.54) is 16.2 Å². The third kappa shape index (κ3) is 6.59. The molecule has 2 amide bonds. The van der Waals surface area contributed by atoms with Crippen molar-refractivity contribution in [3.8, 4) is 11.1 Å². The largest absolute Gasteiger partial charge is 0.306 e. The lowest BCUT2D eigenvalue weighted by molar-refractivity contribution is -0.117. The average Bonchev–Trinajstić information content (AvgIpc) is 3.30. The molecule has 2 heterocycles. The molecule has 1 aromatic carbocycles. The van der Waals surface area contributed by atoms with Crippen molar-refractivity contribution in [1.29, 1.82) is 0 Å². The van der Waals surface area contributed by atoms with Crippen molar-refractivity contribution in [2.45, 2.75) is 26.2 Å². The summed E-state index contributed by atoms with van der Waals surface area (Å²) < 4.78 is 0. The van der Waals surface area contributed by atoms with Gasteiger partial charge in [0.05, 0.1) is 5.92 Å². The number of aryl methyl sites for hydroxylation is 1. The predicted octanol–water partition coefficient (Wildman–Crippen LogP) is 4.59. The summed E-state index contributed by atoms with van der Waals surface area (Å²) in [6, 6.07) is 11.6. The molecule has 0 unspecified atom stereocenters. The van der Waals surface area contributed by atoms with Crippen LogP contribution in [0.2, 0.25) is 0 Å². The van der Waals surface area contributed by atoms with Gasteiger partial charge in [-0.1, -0.05) is 37.3 Å². The van der Waals surface area contributed by atoms with Gasteiger partial charge in [-0.2, -0.15) is 0 Å². The van der Waals surface area contributed by atoms with Crippen molar-refractivity contribution in [3.63, 3.8) is 0 Å². The number of nitrogens with zero attached hydrogens (tertiary/aromatic N) is 4. The number of hydrogen-bond donors (Lipinski definition) is 1. The van der Waals surface area contributed by atoms with Crippen molar-refractivity contribution in [2.75, 3.05) is 37.9 Å². The molecule has 178 valence electrons. The third-order valence-corrected chi connectivity index (χ3v) is 6.46. The molecule has 0 spiro atoms. The van der Waals surface area contributed by atoms with E-state index >= 15 is 0 Å². The monoisotopic (exact) mass is 477 g/mol. The molecule has 0 aliphatic carbocycles. The molecule has 34 heavy (non-hydrogen) atoms. The van der Waals surface area contributed by atoms with Crippen LogP contribution in [0.25, 0.3) is 11.1 Å². The number of rotatable bonds is 9. The highest BCUT2D eigenvalue weighted by molar-refractivity contribution is 7.15. The molecule has 2 aromatic heterocycles. The van der Waals surface area contributed by atoms with Crippen LogP contribution in [0.1, 0.15) is 30.2 Å². The zero-order chi connectivity index (χ0) is 24.7. The van der Waals surface area contributed by atoms with Gasteiger partial charge in [0.2, 0.25) is 5.91 Å². The van der Waals surface area contributed by atoms with Gasteiger partial charge in [-0.15, -0.1) is 11.3 Å². The van der Waals surface area contributed by atoms with E-state index in [0.717, 1.165) is 28.0 Å². The number of anilines is 2. The fraction of sp³-hybridized carbons (Fsp3) is 0.308. The number of thiazole rings is 1. The number of amides is 2. The van der Waals surface area contributed by atoms with Crippen LogP contribution >= 0.6 is 11.3 Å². The Morgan fingerprint density at radius 1 is 1.09 bits per heavy atom. The Balaban J connectivity index is 1.69. The Labute approximate surface area is 205 Å². The molecule has 0 aliphatic heterocycles. The van der Waals surface area contributed by atoms with E-state index in [1.54, 1.807) is 25.5 Å². The fourth-order valence-electron chi connectivity index (χ4n) is 3.23. The van der Waals surface area contributed by atoms with Gasteiger partial charge in [0.1, 0.15) is 5.82 Å². The number of nitrogens with one attached hydrogen (secondary N) is 1. The summed E-state index contributed by atoms with van der Waals surface area (Å²) in [6.07, 6.45) is 7.82. The molecule has 0 bridgehead atoms. The minimum Gasteiger partial charge on any atom is -0.306 e. The number of carbonyl (C=O) groups excluding carboxylic acids is 2. The summed E-state index contributed by atoms with van der Waals surface area (Å²) in [4.78, 5) is 38.5. The first-order chi connectivity index (χ1) is 16.3. The maximum Gasteiger partial charge on any atom is 0.251 e. The minimum absolute atomic E-state index is 0.0925. The van der Waals surface area contributed by atoms with Crippen LogP contribution in [0.3, 0.4) is 0 Å². The van der Waals surface area contributed by atoms with Crippen LogP contribution < -0.4 is 10.2 Å². The minimum atomic E-state index is -0.334. The summed E-state index contributed by atoms with van der Waals surface area (Å²) in [5.41, 5.74) is 2.78. The van der Waals surface area contributed by atoms with E-state index in [9.17, 15) is 9.59 Å². The number of carbonyl (C=O) groups is 2. The highest BCUT2D eigenvalue weighted by Gasteiger charge is 2.17. The van der Waals surface area contributed by atoms with Gasteiger partial charge < -0.3 is 10.2 Å². The molecule has 7 nitrogen and oxygen atoms in total. The first kappa shape index (κ1) is 25.3. The molecule has 1 atom stereocenters. The molecule has 3 rings (SSSR count). The van der Waals surface area contributed by atoms with Crippen LogP contribution in [-0.4, -0.2) is 54.4 Å². The van der Waals surface area contributed by atoms with Gasteiger partial charge in [-0.05, 0) is 50.7 Å². The fourth-order valence-corrected chi connectivity index (χ4v) is 3.98. The van der Waals surface area contributed by atoms with Crippen molar-refractivity contribution >= 4 is 34.1 Å². The lowest BCUT2D eigenvalue weighted by Gasteiger charge is -2.15. The number of aromatic nitrogens is 2. The maximum atomic E-state index is 12.8. The Morgan fingerprint density at radius 3 is 2.53 bits per heavy atom. The van der Waals surface area contributed by atoms with Crippen LogP contribution in [0, 0.1) is 0 Å². The van der Waals surface area contributed by atoms with Crippen molar-refractivity contribution in [2.24, 2.45) is 0 Å². The first-order valence-electron chi connectivity index (χ1n) is 11.2. The van der Waals surface area contributed by atoms with Gasteiger partial charge in [0, 0.05) is 42.5 Å². The van der Waals surface area contributed by atoms with Crippen molar-refractivity contribution in [3.05, 3.63) is 71.4 Å². The molecule has 0 saturated heterocycles. The zero-order valence-corrected chi connectivity index (χ0v) is 21.1. The average molecular weight is 478 g/mol. The van der Waals surface area contributed by atoms with Crippen LogP contribution in [0.15, 0.2) is 60.9 Å². The van der Waals surface area contributed by atoms with Gasteiger partial charge in [-0.25, -0.2) is 9.97 Å². The number of hydrogen-bond acceptors (Lipinski definition) is 6. The van der Waals surface area contributed by atoms with Crippen molar-refractivity contribution < 1.29 is 9.59 Å². The zero-order valence-electron chi connectivity index (χ0n) is 20.3. The Kier molecular flexibility index (Phi) is 8.67. The quantitative estimate of drug-likeness (QED) is 0.456. The van der Waals surface area contributed by atoms with Crippen LogP contribution in [0.5, 0.6) is 0 Å². The lowest BCUT2D eigenvalue weighted by Crippen LogP contribution is -2.25. The summed E-state index contributed by atoms with van der Waals surface area (Å²) >= 11 is 1.50. The predicted molar refractivity (Wildman–Crippen MR) is 139 cm³/mol. The van der Waals surface area contributed by atoms with Gasteiger partial charge in [0.25, 0.3) is 5.91 Å². The summed E-state index contributed by atoms with van der Waals surface area (Å²) in [5, 5.41) is 3.54. The lowest BCUT2D eigenvalue weighted by atomic mass is 9.96. The van der Waals surface area contributed by atoms with Gasteiger partial charge >= 0.3 is 0 Å². The second-order valence-corrected chi connectivity index (χ2v) is 9.40. The number of likely N-dealkylation sites (N-methyl/N-ethyl adjacent to an activating group) is 2. The summed E-state index contributed by atoms with van der Waals surface area (Å²) in [7, 11) is 5.60. The topological polar surface area (TPSA) is 78.4 Å². The van der Waals surface area contributed by atoms with E-state index in [-0.39, 0.29) is 17.7 Å². The molecule has 1 N–H and O–H groups in total. The first-order valence-corrected chi connectivity index (χ1v) is 12.0. The summed E-state index contributed by atoms with van der Waals surface area (Å²) in [6.45, 7) is 4.64. The molecular weight excluding hydrogens is 446 g/mol. The summed E-state index contributed by atoms with van der Waals surface area (Å²) in [5.74, 6) is 0.0150. The second kappa shape index (κ2) is 11.7. The smallest absolute Gasteiger partial charge is 0.251 e. The third-order valence-electron chi connectivity index (χ3n) is 5.40. The SMILES string of the molecule is CCc1cnc(NC(=O)[C@@H](C)c2cccc(-c3ccc(N(C)C(=O)/C=C/CN(C)C)nc3)c2)s1. The Bertz CT molecular complexity index is 1150. The van der Waals surface area contributed by atoms with E-state index in [2.05, 4.69) is 22.2 Å². The van der Waals surface area contributed by atoms with E-state index in [0.29, 0.717) is 17.5 Å². The Morgan fingerprint density at radius 2 is 1.88 bits per heavy atom. The van der Waals surface area contributed by atoms with E-state index in [1.807, 2.05) is 68.4 Å². The molecule has 8 heteroatoms. The molecule has 3 aromatic rings. The Hall–Kier alpha value is -3.36. The molecule has 0 aliphatic rings. The highest BCUT2D eigenvalue weighted by atomic mass is 32.1. The second-order valence-electron chi connectivity index (χ2n) is 8.29. The van der Waals surface area contributed by atoms with E-state index < -0.39 is 0 Å². The molecular formula is C26H31N5O2S. The van der Waals surface area contributed by atoms with Gasteiger partial charge in [0.15, 0.2) is 5.13 Å². The van der Waals surface area contributed by atoms with Crippen LogP contribution in [0.4, 0.5) is 10.9 Å². The highest BCUT2D eigenvalue weighted by Crippen LogP contribution is 2.26. The normalized spacial score (nSPS) is 12.2. The van der Waals surface area contributed by atoms with Crippen molar-refractivity contribution in [1.82, 2.24) is 14.9 Å². The van der Waals surface area contributed by atoms with Gasteiger partial charge in [-0.3, -0.25) is 14.5 Å². The maximum absolute atomic E-state index is 12.8. The molecule has 0 radical (unpaired) electrons. The van der Waals surface area contributed by atoms with E-state index in [4.69, 9.17) is 0 Å². The number of pyridine rings is 1. The standard InChI is InChI=1S/C26H31N5O2S/c1-6-22-17-28-26(34-22)29-25(33)18(2)19-9-7-10-20(15-19)21-12-13-23(27-16-21)31(5)24(32)11-8-14-30(3)4/h7-13,15-18H,6,14H2,1-5H3,(H,28,29,33)/b11-8+/t18-/m0/s1.